The van der Waals surface area contributed by atoms with E-state index in [1.807, 2.05) is 0 Å². The van der Waals surface area contributed by atoms with Crippen molar-refractivity contribution in [2.45, 2.75) is 12.8 Å². The molecule has 0 heterocycles. The van der Waals surface area contributed by atoms with E-state index in [4.69, 9.17) is 15.9 Å². The van der Waals surface area contributed by atoms with Crippen LogP contribution in [0, 0.1) is 5.92 Å². The van der Waals surface area contributed by atoms with Gasteiger partial charge in [0.25, 0.3) is 0 Å². The summed E-state index contributed by atoms with van der Waals surface area (Å²) < 4.78 is 0. The molecule has 8 nitrogen and oxygen atoms in total. The number of carbonyl (C=O) groups excluding carboxylic acids is 1. The first-order valence-electron chi connectivity index (χ1n) is 4.54. The molecule has 0 aliphatic rings. The van der Waals surface area contributed by atoms with Gasteiger partial charge in [-0.05, 0) is 0 Å². The highest BCUT2D eigenvalue weighted by Crippen LogP contribution is 2.10. The summed E-state index contributed by atoms with van der Waals surface area (Å²) in [5, 5.41) is 17.0. The van der Waals surface area contributed by atoms with E-state index >= 15 is 0 Å². The average molecular weight is 234 g/mol. The number of carboxylic acids is 2. The second kappa shape index (κ2) is 7.60. The molecular weight excluding hydrogens is 220 g/mol. The summed E-state index contributed by atoms with van der Waals surface area (Å²) in [6.07, 6.45) is -1.18. The van der Waals surface area contributed by atoms with Crippen LogP contribution in [0.2, 0.25) is 0 Å². The van der Waals surface area contributed by atoms with Crippen LogP contribution in [-0.4, -0.2) is 41.2 Å². The molecule has 0 aromatic carbocycles. The van der Waals surface area contributed by atoms with E-state index in [0.29, 0.717) is 0 Å². The highest BCUT2D eigenvalue weighted by Gasteiger charge is 2.26. The maximum Gasteiger partial charge on any atom is 0.328 e. The molecule has 0 aliphatic carbocycles. The van der Waals surface area contributed by atoms with Crippen LogP contribution >= 0.6 is 0 Å². The van der Waals surface area contributed by atoms with Crippen LogP contribution in [0.4, 0.5) is 0 Å². The Balaban J connectivity index is 4.20. The van der Waals surface area contributed by atoms with Crippen molar-refractivity contribution in [1.29, 1.82) is 0 Å². The van der Waals surface area contributed by atoms with E-state index in [0.717, 1.165) is 0 Å². The Morgan fingerprint density at radius 1 is 1.19 bits per heavy atom. The van der Waals surface area contributed by atoms with Crippen molar-refractivity contribution in [2.24, 2.45) is 11.7 Å². The minimum atomic E-state index is -1.26. The Kier molecular flexibility index (Phi) is 6.81. The minimum Gasteiger partial charge on any atom is -0.481 e. The second-order valence-electron chi connectivity index (χ2n) is 3.00. The van der Waals surface area contributed by atoms with Gasteiger partial charge in [-0.15, -0.1) is 0 Å². The number of hydroxylamine groups is 1. The average Bonchev–Trinajstić information content (AvgIpc) is 2.15. The lowest BCUT2D eigenvalue weighted by Crippen LogP contribution is -2.31. The van der Waals surface area contributed by atoms with Crippen molar-refractivity contribution >= 4 is 17.9 Å². The Morgan fingerprint density at radius 2 is 1.69 bits per heavy atom. The standard InChI is InChI=1S/C8H14N2O6/c9-1-2-10-16-8(15)5(3-6(11)12)4-7(13)14/h5,10H,1-4,9H2,(H,11,12)(H,13,14). The monoisotopic (exact) mass is 234 g/mol. The van der Waals surface area contributed by atoms with Crippen molar-refractivity contribution in [1.82, 2.24) is 5.48 Å². The Bertz CT molecular complexity index is 251. The molecular formula is C8H14N2O6. The van der Waals surface area contributed by atoms with Crippen LogP contribution in [-0.2, 0) is 19.2 Å². The zero-order chi connectivity index (χ0) is 12.6. The van der Waals surface area contributed by atoms with Crippen LogP contribution in [0.15, 0.2) is 0 Å². The number of nitrogens with two attached hydrogens (primary N) is 1. The summed E-state index contributed by atoms with van der Waals surface area (Å²) in [7, 11) is 0. The molecule has 92 valence electrons. The number of nitrogens with one attached hydrogen (secondary N) is 1. The number of carbonyl (C=O) groups is 3. The van der Waals surface area contributed by atoms with Gasteiger partial charge in [0, 0.05) is 13.1 Å². The maximum absolute atomic E-state index is 11.2. The molecule has 0 rings (SSSR count). The van der Waals surface area contributed by atoms with Crippen molar-refractivity contribution in [3.05, 3.63) is 0 Å². The molecule has 0 saturated carbocycles. The van der Waals surface area contributed by atoms with E-state index in [1.54, 1.807) is 0 Å². The molecule has 0 spiro atoms. The Hall–Kier alpha value is -1.67. The summed E-state index contributed by atoms with van der Waals surface area (Å²) in [5.74, 6) is -4.65. The molecule has 0 aromatic heterocycles. The van der Waals surface area contributed by atoms with Gasteiger partial charge in [-0.1, -0.05) is 0 Å². The number of carboxylic acid groups (broad SMARTS) is 2. The molecule has 16 heavy (non-hydrogen) atoms. The molecule has 0 atom stereocenters. The third-order valence-corrected chi connectivity index (χ3v) is 1.59. The molecule has 0 fully saturated rings. The molecule has 0 bridgehead atoms. The second-order valence-corrected chi connectivity index (χ2v) is 3.00. The van der Waals surface area contributed by atoms with Crippen molar-refractivity contribution in [3.63, 3.8) is 0 Å². The summed E-state index contributed by atoms with van der Waals surface area (Å²) in [4.78, 5) is 36.5. The largest absolute Gasteiger partial charge is 0.481 e. The molecule has 0 radical (unpaired) electrons. The van der Waals surface area contributed by atoms with Gasteiger partial charge in [0.1, 0.15) is 0 Å². The van der Waals surface area contributed by atoms with E-state index in [2.05, 4.69) is 10.3 Å². The summed E-state index contributed by atoms with van der Waals surface area (Å²) >= 11 is 0. The van der Waals surface area contributed by atoms with E-state index in [-0.39, 0.29) is 13.1 Å². The molecule has 0 saturated heterocycles. The lowest BCUT2D eigenvalue weighted by atomic mass is 10.0. The summed E-state index contributed by atoms with van der Waals surface area (Å²) in [6.45, 7) is 0.439. The van der Waals surface area contributed by atoms with Gasteiger partial charge in [0.05, 0.1) is 18.8 Å². The first-order valence-corrected chi connectivity index (χ1v) is 4.54. The first kappa shape index (κ1) is 14.3. The normalized spacial score (nSPS) is 10.1. The van der Waals surface area contributed by atoms with Crippen molar-refractivity contribution < 1.29 is 29.4 Å². The number of hydrogen-bond donors (Lipinski definition) is 4. The fraction of sp³-hybridized carbons (Fsp3) is 0.625. The number of hydrogen-bond acceptors (Lipinski definition) is 6. The predicted molar refractivity (Wildman–Crippen MR) is 51.1 cm³/mol. The lowest BCUT2D eigenvalue weighted by molar-refractivity contribution is -0.162. The van der Waals surface area contributed by atoms with Crippen LogP contribution in [0.25, 0.3) is 0 Å². The van der Waals surface area contributed by atoms with Crippen LogP contribution < -0.4 is 11.2 Å². The van der Waals surface area contributed by atoms with E-state index in [1.165, 1.54) is 0 Å². The minimum absolute atomic E-state index is 0.207. The predicted octanol–water partition coefficient (Wildman–Crippen LogP) is -1.44. The van der Waals surface area contributed by atoms with Gasteiger partial charge in [0.15, 0.2) is 0 Å². The van der Waals surface area contributed by atoms with Crippen molar-refractivity contribution in [2.75, 3.05) is 13.1 Å². The zero-order valence-corrected chi connectivity index (χ0v) is 8.51. The van der Waals surface area contributed by atoms with Gasteiger partial charge in [-0.3, -0.25) is 14.4 Å². The lowest BCUT2D eigenvalue weighted by Gasteiger charge is -2.11. The highest BCUT2D eigenvalue weighted by molar-refractivity contribution is 5.83. The molecule has 5 N–H and O–H groups in total. The van der Waals surface area contributed by atoms with Gasteiger partial charge in [-0.25, -0.2) is 0 Å². The zero-order valence-electron chi connectivity index (χ0n) is 8.51. The third-order valence-electron chi connectivity index (χ3n) is 1.59. The van der Waals surface area contributed by atoms with Gasteiger partial charge in [0.2, 0.25) is 0 Å². The number of aliphatic carboxylic acids is 2. The van der Waals surface area contributed by atoms with Crippen molar-refractivity contribution in [3.8, 4) is 0 Å². The first-order chi connectivity index (χ1) is 7.47. The van der Waals surface area contributed by atoms with Gasteiger partial charge in [-0.2, -0.15) is 5.48 Å². The Morgan fingerprint density at radius 3 is 2.06 bits per heavy atom. The highest BCUT2D eigenvalue weighted by atomic mass is 16.7. The van der Waals surface area contributed by atoms with E-state index < -0.39 is 36.7 Å². The fourth-order valence-electron chi connectivity index (χ4n) is 0.925. The molecule has 0 aromatic rings. The topological polar surface area (TPSA) is 139 Å². The number of rotatable bonds is 8. The third kappa shape index (κ3) is 6.74. The summed E-state index contributed by atoms with van der Waals surface area (Å²) in [5.41, 5.74) is 7.31. The van der Waals surface area contributed by atoms with Crippen LogP contribution in [0.5, 0.6) is 0 Å². The quantitative estimate of drug-likeness (QED) is 0.296. The maximum atomic E-state index is 11.2. The van der Waals surface area contributed by atoms with Crippen LogP contribution in [0.3, 0.4) is 0 Å². The van der Waals surface area contributed by atoms with Gasteiger partial charge < -0.3 is 20.8 Å². The SMILES string of the molecule is NCCNOC(=O)C(CC(=O)O)CC(=O)O. The smallest absolute Gasteiger partial charge is 0.328 e. The Labute approximate surface area is 91.3 Å². The van der Waals surface area contributed by atoms with E-state index in [9.17, 15) is 14.4 Å². The summed E-state index contributed by atoms with van der Waals surface area (Å²) in [6, 6.07) is 0. The molecule has 0 unspecified atom stereocenters. The molecule has 0 amide bonds. The molecule has 8 heteroatoms. The fourth-order valence-corrected chi connectivity index (χ4v) is 0.925. The van der Waals surface area contributed by atoms with Crippen LogP contribution in [0.1, 0.15) is 12.8 Å². The molecule has 0 aliphatic heterocycles. The van der Waals surface area contributed by atoms with Gasteiger partial charge >= 0.3 is 17.9 Å².